The molecule has 3 heterocycles. The van der Waals surface area contributed by atoms with Gasteiger partial charge in [0, 0.05) is 62.9 Å². The lowest BCUT2D eigenvalue weighted by Crippen LogP contribution is -2.50. The minimum atomic E-state index is -0.636. The van der Waals surface area contributed by atoms with Crippen molar-refractivity contribution >= 4 is 34.3 Å². The highest BCUT2D eigenvalue weighted by Gasteiger charge is 2.36. The molecule has 2 aliphatic rings. The van der Waals surface area contributed by atoms with Crippen LogP contribution in [0.2, 0.25) is 5.02 Å². The van der Waals surface area contributed by atoms with Gasteiger partial charge in [-0.15, -0.1) is 0 Å². The van der Waals surface area contributed by atoms with Crippen LogP contribution in [0, 0.1) is 17.1 Å². The molecule has 5 rings (SSSR count). The second kappa shape index (κ2) is 13.1. The highest BCUT2D eigenvalue weighted by molar-refractivity contribution is 6.32. The van der Waals surface area contributed by atoms with Crippen molar-refractivity contribution < 1.29 is 32.9 Å². The van der Waals surface area contributed by atoms with Crippen LogP contribution in [0.5, 0.6) is 23.1 Å². The Balaban J connectivity index is 1.62. The lowest BCUT2D eigenvalue weighted by atomic mass is 10.1. The predicted molar refractivity (Wildman–Crippen MR) is 167 cm³/mol. The summed E-state index contributed by atoms with van der Waals surface area (Å²) in [5.41, 5.74) is 0.408. The largest absolute Gasteiger partial charge is 0.493 e. The van der Waals surface area contributed by atoms with Gasteiger partial charge >= 0.3 is 6.09 Å². The summed E-state index contributed by atoms with van der Waals surface area (Å²) in [5.74, 6) is -0.353. The molecule has 0 saturated carbocycles. The Morgan fingerprint density at radius 3 is 2.44 bits per heavy atom. The number of amides is 1. The predicted octanol–water partition coefficient (Wildman–Crippen LogP) is 5.46. The maximum Gasteiger partial charge on any atom is 0.410 e. The van der Waals surface area contributed by atoms with Gasteiger partial charge < -0.3 is 33.5 Å². The van der Waals surface area contributed by atoms with Gasteiger partial charge in [0.25, 0.3) is 0 Å². The number of benzene rings is 2. The number of hydrogen-bond acceptors (Lipinski definition) is 10. The fraction of sp³-hybridized carbons (Fsp3) is 0.469. The number of methoxy groups -OCH3 is 2. The van der Waals surface area contributed by atoms with E-state index < -0.39 is 23.6 Å². The Bertz CT molecular complexity index is 1620. The third-order valence-electron chi connectivity index (χ3n) is 7.64. The Kier molecular flexibility index (Phi) is 9.44. The minimum Gasteiger partial charge on any atom is -0.493 e. The Morgan fingerprint density at radius 1 is 1.09 bits per heavy atom. The lowest BCUT2D eigenvalue weighted by molar-refractivity contribution is 0.0240. The van der Waals surface area contributed by atoms with Crippen LogP contribution in [0.4, 0.5) is 14.9 Å². The molecule has 2 atom stereocenters. The number of aromatic nitrogens is 1. The average Bonchev–Trinajstić information content (AvgIpc) is 3.35. The number of carbonyl (C=O) groups is 1. The van der Waals surface area contributed by atoms with E-state index in [-0.39, 0.29) is 39.8 Å². The van der Waals surface area contributed by atoms with E-state index >= 15 is 0 Å². The summed E-state index contributed by atoms with van der Waals surface area (Å²) in [6.07, 6.45) is -1.06. The number of likely N-dealkylation sites (tertiary alicyclic amines) is 1. The third-order valence-corrected chi connectivity index (χ3v) is 7.86. The molecule has 45 heavy (non-hydrogen) atoms. The molecule has 0 unspecified atom stereocenters. The van der Waals surface area contributed by atoms with Crippen LogP contribution in [-0.4, -0.2) is 99.2 Å². The summed E-state index contributed by atoms with van der Waals surface area (Å²) >= 11 is 6.61. The number of fused-ring (bicyclic) bond motifs is 1. The van der Waals surface area contributed by atoms with Crippen molar-refractivity contribution in [2.24, 2.45) is 0 Å². The van der Waals surface area contributed by atoms with Crippen LogP contribution in [0.15, 0.2) is 30.3 Å². The van der Waals surface area contributed by atoms with E-state index in [0.717, 1.165) is 0 Å². The van der Waals surface area contributed by atoms with Crippen LogP contribution >= 0.6 is 11.6 Å². The summed E-state index contributed by atoms with van der Waals surface area (Å²) in [4.78, 5) is 23.3. The number of hydrogen-bond donors (Lipinski definition) is 0. The first-order valence-corrected chi connectivity index (χ1v) is 15.0. The zero-order valence-electron chi connectivity index (χ0n) is 26.2. The zero-order chi connectivity index (χ0) is 32.5. The molecule has 2 aliphatic heterocycles. The fourth-order valence-electron chi connectivity index (χ4n) is 5.56. The summed E-state index contributed by atoms with van der Waals surface area (Å²) in [6, 6.07) is 9.88. The lowest BCUT2D eigenvalue weighted by Gasteiger charge is -2.37. The van der Waals surface area contributed by atoms with Gasteiger partial charge in [0.05, 0.1) is 12.8 Å². The molecular formula is C32H37ClFN5O6. The highest BCUT2D eigenvalue weighted by Crippen LogP contribution is 2.44. The molecule has 0 spiro atoms. The van der Waals surface area contributed by atoms with E-state index in [1.807, 2.05) is 32.7 Å². The van der Waals surface area contributed by atoms with Crippen molar-refractivity contribution in [2.45, 2.75) is 38.6 Å². The summed E-state index contributed by atoms with van der Waals surface area (Å²) in [7, 11) is 4.99. The summed E-state index contributed by atoms with van der Waals surface area (Å²) in [5, 5.41) is 11.3. The molecule has 0 N–H and O–H groups in total. The number of likely N-dealkylation sites (N-methyl/N-ethyl adjacent to an activating group) is 1. The van der Waals surface area contributed by atoms with Gasteiger partial charge in [-0.05, 0) is 46.0 Å². The monoisotopic (exact) mass is 641 g/mol. The number of rotatable bonds is 7. The first-order valence-electron chi connectivity index (χ1n) is 14.6. The van der Waals surface area contributed by atoms with Crippen molar-refractivity contribution in [3.8, 4) is 29.2 Å². The van der Waals surface area contributed by atoms with Gasteiger partial charge in [0.15, 0.2) is 17.3 Å². The zero-order valence-corrected chi connectivity index (χ0v) is 27.0. The van der Waals surface area contributed by atoms with Crippen LogP contribution in [0.25, 0.3) is 10.9 Å². The van der Waals surface area contributed by atoms with Crippen molar-refractivity contribution in [1.82, 2.24) is 14.8 Å². The molecule has 0 bridgehead atoms. The van der Waals surface area contributed by atoms with Gasteiger partial charge in [-0.2, -0.15) is 5.26 Å². The quantitative estimate of drug-likeness (QED) is 0.330. The van der Waals surface area contributed by atoms with Crippen LogP contribution in [0.1, 0.15) is 26.3 Å². The molecule has 1 aromatic heterocycles. The number of ether oxygens (including phenoxy) is 5. The molecule has 11 nitrogen and oxygen atoms in total. The van der Waals surface area contributed by atoms with Crippen molar-refractivity contribution in [3.05, 3.63) is 46.7 Å². The van der Waals surface area contributed by atoms with Crippen molar-refractivity contribution in [3.63, 3.8) is 0 Å². The summed E-state index contributed by atoms with van der Waals surface area (Å²) < 4.78 is 44.1. The number of nitriles is 1. The first kappa shape index (κ1) is 32.3. The van der Waals surface area contributed by atoms with Crippen LogP contribution < -0.4 is 19.1 Å². The molecule has 13 heteroatoms. The van der Waals surface area contributed by atoms with Gasteiger partial charge in [0.1, 0.15) is 35.0 Å². The van der Waals surface area contributed by atoms with E-state index in [1.54, 1.807) is 24.1 Å². The standard InChI is InChI=1S/C32H37ClFN5O6/c1-32(2,3)45-31(40)39-12-10-38(11-13-39)28-20-14-19(33)15-24(43-29-22(34)8-7-9-23(29)41-5)27(20)36-30(21(28)16-35)44-26-18-37(4)17-25(26)42-6/h7-9,14-15,25-26H,10-13,17-18H2,1-6H3/t25-,26-/m1/s1. The molecule has 2 saturated heterocycles. The number of carbonyl (C=O) groups excluding carboxylic acids is 1. The topological polar surface area (TPSA) is 110 Å². The molecule has 0 aliphatic carbocycles. The second-order valence-electron chi connectivity index (χ2n) is 12.0. The molecule has 240 valence electrons. The van der Waals surface area contributed by atoms with Crippen molar-refractivity contribution in [1.29, 1.82) is 5.26 Å². The number of piperazine rings is 1. The van der Waals surface area contributed by atoms with E-state index in [9.17, 15) is 14.4 Å². The van der Waals surface area contributed by atoms with E-state index in [4.69, 9.17) is 40.3 Å². The maximum absolute atomic E-state index is 15.0. The van der Waals surface area contributed by atoms with Crippen molar-refractivity contribution in [2.75, 3.05) is 65.4 Å². The van der Waals surface area contributed by atoms with E-state index in [0.29, 0.717) is 55.9 Å². The number of halogens is 2. The summed E-state index contributed by atoms with van der Waals surface area (Å²) in [6.45, 7) is 8.16. The molecule has 0 radical (unpaired) electrons. The molecule has 2 aromatic carbocycles. The van der Waals surface area contributed by atoms with Gasteiger partial charge in [-0.1, -0.05) is 17.7 Å². The third kappa shape index (κ3) is 6.96. The van der Waals surface area contributed by atoms with Crippen LogP contribution in [0.3, 0.4) is 0 Å². The number of para-hydroxylation sites is 1. The highest BCUT2D eigenvalue weighted by atomic mass is 35.5. The fourth-order valence-corrected chi connectivity index (χ4v) is 5.77. The SMILES string of the molecule is COc1cccc(F)c1Oc1cc(Cl)cc2c(N3CCN(C(=O)OC(C)(C)C)CC3)c(C#N)c(O[C@@H]3CN(C)C[C@H]3OC)nc12. The molecular weight excluding hydrogens is 605 g/mol. The number of nitrogens with zero attached hydrogens (tertiary/aromatic N) is 5. The van der Waals surface area contributed by atoms with Gasteiger partial charge in [0.2, 0.25) is 11.6 Å². The van der Waals surface area contributed by atoms with E-state index in [2.05, 4.69) is 11.0 Å². The smallest absolute Gasteiger partial charge is 0.410 e. The number of anilines is 1. The van der Waals surface area contributed by atoms with Gasteiger partial charge in [-0.25, -0.2) is 14.2 Å². The van der Waals surface area contributed by atoms with Gasteiger partial charge in [-0.3, -0.25) is 4.90 Å². The molecule has 1 amide bonds. The van der Waals surface area contributed by atoms with E-state index in [1.165, 1.54) is 25.3 Å². The Morgan fingerprint density at radius 2 is 1.80 bits per heavy atom. The Hall–Kier alpha value is -4.05. The van der Waals surface area contributed by atoms with Crippen LogP contribution in [-0.2, 0) is 9.47 Å². The Labute approximate surface area is 266 Å². The normalized spacial score (nSPS) is 19.0. The molecule has 2 fully saturated rings. The number of pyridine rings is 1. The minimum absolute atomic E-state index is 0.0876. The maximum atomic E-state index is 15.0. The molecule has 3 aromatic rings. The second-order valence-corrected chi connectivity index (χ2v) is 12.5. The average molecular weight is 642 g/mol. The first-order chi connectivity index (χ1) is 21.4.